The van der Waals surface area contributed by atoms with Gasteiger partial charge in [-0.1, -0.05) is 19.9 Å². The lowest BCUT2D eigenvalue weighted by Gasteiger charge is -2.08. The van der Waals surface area contributed by atoms with Crippen LogP contribution in [0.5, 0.6) is 0 Å². The number of hydrogen-bond donors (Lipinski definition) is 1. The molecule has 1 rings (SSSR count). The van der Waals surface area contributed by atoms with Crippen molar-refractivity contribution in [3.8, 4) is 0 Å². The average molecular weight is 166 g/mol. The summed E-state index contributed by atoms with van der Waals surface area (Å²) in [5, 5.41) is 9.59. The van der Waals surface area contributed by atoms with Gasteiger partial charge in [0.1, 0.15) is 11.9 Å². The molecule has 0 amide bonds. The molecule has 0 bridgehead atoms. The molecule has 3 nitrogen and oxygen atoms in total. The minimum Gasteiger partial charge on any atom is -0.385 e. The van der Waals surface area contributed by atoms with Gasteiger partial charge in [0.2, 0.25) is 0 Å². The maximum atomic E-state index is 9.59. The van der Waals surface area contributed by atoms with Gasteiger partial charge in [0, 0.05) is 18.6 Å². The quantitative estimate of drug-likeness (QED) is 0.740. The first kappa shape index (κ1) is 9.00. The van der Waals surface area contributed by atoms with Gasteiger partial charge < -0.3 is 9.67 Å². The summed E-state index contributed by atoms with van der Waals surface area (Å²) in [6.07, 6.45) is 6.30. The maximum Gasteiger partial charge on any atom is 0.141 e. The third kappa shape index (κ3) is 1.74. The topological polar surface area (TPSA) is 38.0 Å². The van der Waals surface area contributed by atoms with Gasteiger partial charge in [-0.15, -0.1) is 0 Å². The Balaban J connectivity index is 2.78. The summed E-state index contributed by atoms with van der Waals surface area (Å²) in [6.45, 7) is 5.65. The van der Waals surface area contributed by atoms with E-state index in [-0.39, 0.29) is 0 Å². The van der Waals surface area contributed by atoms with Gasteiger partial charge in [-0.05, 0) is 6.42 Å². The minimum absolute atomic E-state index is 0.469. The molecule has 0 spiro atoms. The first-order chi connectivity index (χ1) is 5.79. The Morgan fingerprint density at radius 1 is 1.83 bits per heavy atom. The SMILES string of the molecule is C=Cn1ccnc1C(O)CCC. The Labute approximate surface area is 72.4 Å². The first-order valence-electron chi connectivity index (χ1n) is 4.13. The summed E-state index contributed by atoms with van der Waals surface area (Å²) in [5.74, 6) is 0.673. The lowest BCUT2D eigenvalue weighted by molar-refractivity contribution is 0.155. The predicted octanol–water partition coefficient (Wildman–Crippen LogP) is 1.82. The molecule has 0 fully saturated rings. The van der Waals surface area contributed by atoms with Crippen LogP contribution >= 0.6 is 0 Å². The summed E-state index contributed by atoms with van der Waals surface area (Å²) in [6, 6.07) is 0. The molecule has 0 radical (unpaired) electrons. The molecular formula is C9H14N2O. The number of hydrogen-bond acceptors (Lipinski definition) is 2. The Kier molecular flexibility index (Phi) is 3.05. The van der Waals surface area contributed by atoms with Crippen LogP contribution in [0.15, 0.2) is 19.0 Å². The Morgan fingerprint density at radius 2 is 2.58 bits per heavy atom. The van der Waals surface area contributed by atoms with Gasteiger partial charge in [-0.3, -0.25) is 0 Å². The van der Waals surface area contributed by atoms with Gasteiger partial charge in [0.25, 0.3) is 0 Å². The van der Waals surface area contributed by atoms with E-state index in [1.807, 2.05) is 6.92 Å². The van der Waals surface area contributed by atoms with Crippen molar-refractivity contribution in [1.82, 2.24) is 9.55 Å². The van der Waals surface area contributed by atoms with Crippen LogP contribution in [0.3, 0.4) is 0 Å². The first-order valence-corrected chi connectivity index (χ1v) is 4.13. The van der Waals surface area contributed by atoms with Crippen molar-refractivity contribution in [2.24, 2.45) is 0 Å². The molecule has 12 heavy (non-hydrogen) atoms. The third-order valence-electron chi connectivity index (χ3n) is 1.76. The molecule has 1 aromatic rings. The number of aliphatic hydroxyl groups excluding tert-OH is 1. The average Bonchev–Trinajstić information content (AvgIpc) is 2.51. The molecule has 1 N–H and O–H groups in total. The molecule has 0 aromatic carbocycles. The van der Waals surface area contributed by atoms with Crippen LogP contribution in [0, 0.1) is 0 Å². The molecule has 0 aliphatic heterocycles. The third-order valence-corrected chi connectivity index (χ3v) is 1.76. The Hall–Kier alpha value is -1.09. The summed E-state index contributed by atoms with van der Waals surface area (Å²) >= 11 is 0. The number of rotatable bonds is 4. The van der Waals surface area contributed by atoms with Crippen LogP contribution in [0.2, 0.25) is 0 Å². The molecular weight excluding hydrogens is 152 g/mol. The van der Waals surface area contributed by atoms with Crippen molar-refractivity contribution < 1.29 is 5.11 Å². The normalized spacial score (nSPS) is 12.8. The van der Waals surface area contributed by atoms with Crippen LogP contribution in [-0.2, 0) is 0 Å². The van der Waals surface area contributed by atoms with Crippen molar-refractivity contribution >= 4 is 6.20 Å². The monoisotopic (exact) mass is 166 g/mol. The number of aliphatic hydroxyl groups is 1. The second-order valence-corrected chi connectivity index (χ2v) is 2.68. The van der Waals surface area contributed by atoms with Crippen molar-refractivity contribution in [1.29, 1.82) is 0 Å². The van der Waals surface area contributed by atoms with Crippen LogP contribution in [0.4, 0.5) is 0 Å². The zero-order valence-corrected chi connectivity index (χ0v) is 7.27. The van der Waals surface area contributed by atoms with Crippen molar-refractivity contribution in [2.75, 3.05) is 0 Å². The summed E-state index contributed by atoms with van der Waals surface area (Å²) < 4.78 is 1.74. The highest BCUT2D eigenvalue weighted by Crippen LogP contribution is 2.15. The number of nitrogens with zero attached hydrogens (tertiary/aromatic N) is 2. The smallest absolute Gasteiger partial charge is 0.141 e. The Morgan fingerprint density at radius 3 is 3.17 bits per heavy atom. The molecule has 1 atom stereocenters. The largest absolute Gasteiger partial charge is 0.385 e. The standard InChI is InChI=1S/C9H14N2O/c1-3-5-8(12)9-10-6-7-11(9)4-2/h4,6-8,12H,2-3,5H2,1H3. The molecule has 0 saturated heterocycles. The second-order valence-electron chi connectivity index (χ2n) is 2.68. The van der Waals surface area contributed by atoms with E-state index in [0.29, 0.717) is 5.82 Å². The number of aromatic nitrogens is 2. The summed E-state index contributed by atoms with van der Waals surface area (Å²) in [4.78, 5) is 4.05. The van der Waals surface area contributed by atoms with Gasteiger partial charge in [-0.2, -0.15) is 0 Å². The molecule has 1 unspecified atom stereocenters. The summed E-state index contributed by atoms with van der Waals surface area (Å²) in [7, 11) is 0. The molecule has 0 aliphatic rings. The van der Waals surface area contributed by atoms with E-state index in [1.54, 1.807) is 23.2 Å². The molecule has 0 saturated carbocycles. The van der Waals surface area contributed by atoms with Crippen LogP contribution in [0.25, 0.3) is 6.20 Å². The number of imidazole rings is 1. The van der Waals surface area contributed by atoms with Gasteiger partial charge in [-0.25, -0.2) is 4.98 Å². The van der Waals surface area contributed by atoms with Crippen LogP contribution in [-0.4, -0.2) is 14.7 Å². The summed E-state index contributed by atoms with van der Waals surface area (Å²) in [5.41, 5.74) is 0. The highest BCUT2D eigenvalue weighted by molar-refractivity contribution is 5.20. The fourth-order valence-electron chi connectivity index (χ4n) is 1.14. The Bertz CT molecular complexity index is 255. The second kappa shape index (κ2) is 4.07. The molecule has 1 heterocycles. The van der Waals surface area contributed by atoms with Crippen LogP contribution < -0.4 is 0 Å². The van der Waals surface area contributed by atoms with E-state index in [4.69, 9.17) is 0 Å². The predicted molar refractivity (Wildman–Crippen MR) is 48.5 cm³/mol. The molecule has 3 heteroatoms. The zero-order chi connectivity index (χ0) is 8.97. The highest BCUT2D eigenvalue weighted by Gasteiger charge is 2.10. The van der Waals surface area contributed by atoms with Gasteiger partial charge >= 0.3 is 0 Å². The van der Waals surface area contributed by atoms with Crippen molar-refractivity contribution in [3.05, 3.63) is 24.8 Å². The van der Waals surface area contributed by atoms with E-state index in [1.165, 1.54) is 0 Å². The highest BCUT2D eigenvalue weighted by atomic mass is 16.3. The lowest BCUT2D eigenvalue weighted by Crippen LogP contribution is -2.03. The minimum atomic E-state index is -0.469. The zero-order valence-electron chi connectivity index (χ0n) is 7.27. The molecule has 0 aliphatic carbocycles. The fraction of sp³-hybridized carbons (Fsp3) is 0.444. The van der Waals surface area contributed by atoms with E-state index >= 15 is 0 Å². The van der Waals surface area contributed by atoms with Gasteiger partial charge in [0.15, 0.2) is 0 Å². The lowest BCUT2D eigenvalue weighted by atomic mass is 10.2. The van der Waals surface area contributed by atoms with E-state index in [0.717, 1.165) is 12.8 Å². The van der Waals surface area contributed by atoms with Gasteiger partial charge in [0.05, 0.1) is 0 Å². The van der Waals surface area contributed by atoms with E-state index in [2.05, 4.69) is 11.6 Å². The molecule has 1 aromatic heterocycles. The van der Waals surface area contributed by atoms with Crippen LogP contribution in [0.1, 0.15) is 31.7 Å². The van der Waals surface area contributed by atoms with E-state index in [9.17, 15) is 5.11 Å². The van der Waals surface area contributed by atoms with E-state index < -0.39 is 6.10 Å². The fourth-order valence-corrected chi connectivity index (χ4v) is 1.14. The van der Waals surface area contributed by atoms with Crippen molar-refractivity contribution in [3.63, 3.8) is 0 Å². The maximum absolute atomic E-state index is 9.59. The molecule has 66 valence electrons. The van der Waals surface area contributed by atoms with Crippen molar-refractivity contribution in [2.45, 2.75) is 25.9 Å².